The predicted octanol–water partition coefficient (Wildman–Crippen LogP) is 3.52. The molecule has 0 amide bonds. The van der Waals surface area contributed by atoms with Gasteiger partial charge in [0.15, 0.2) is 23.1 Å². The molecule has 0 aliphatic rings. The molecular formula is C20H22FN5O4S. The van der Waals surface area contributed by atoms with Gasteiger partial charge in [-0.3, -0.25) is 4.31 Å². The van der Waals surface area contributed by atoms with Gasteiger partial charge in [0.2, 0.25) is 16.0 Å². The average Bonchev–Trinajstić information content (AvgIpc) is 2.75. The van der Waals surface area contributed by atoms with E-state index in [1.54, 1.807) is 42.5 Å². The molecule has 3 rings (SSSR count). The quantitative estimate of drug-likeness (QED) is 0.540. The van der Waals surface area contributed by atoms with Gasteiger partial charge in [0, 0.05) is 18.8 Å². The first-order chi connectivity index (χ1) is 14.7. The number of hydrogen-bond acceptors (Lipinski definition) is 8. The van der Waals surface area contributed by atoms with E-state index < -0.39 is 15.8 Å². The highest BCUT2D eigenvalue weighted by Gasteiger charge is 2.17. The maximum Gasteiger partial charge on any atom is 0.232 e. The maximum atomic E-state index is 14.4. The molecule has 0 bridgehead atoms. The molecule has 0 saturated carbocycles. The van der Waals surface area contributed by atoms with Crippen LogP contribution in [0.2, 0.25) is 0 Å². The van der Waals surface area contributed by atoms with Crippen molar-refractivity contribution in [1.29, 1.82) is 0 Å². The van der Waals surface area contributed by atoms with Crippen molar-refractivity contribution in [3.05, 3.63) is 54.5 Å². The molecule has 11 heteroatoms. The normalized spacial score (nSPS) is 11.0. The van der Waals surface area contributed by atoms with Gasteiger partial charge < -0.3 is 20.1 Å². The number of anilines is 5. The number of sulfonamides is 1. The third kappa shape index (κ3) is 5.12. The predicted molar refractivity (Wildman–Crippen MR) is 118 cm³/mol. The molecule has 0 unspecified atom stereocenters. The Labute approximate surface area is 179 Å². The molecule has 0 spiro atoms. The Hall–Kier alpha value is -3.60. The lowest BCUT2D eigenvalue weighted by Gasteiger charge is -2.20. The second-order valence-corrected chi connectivity index (χ2v) is 8.47. The number of benzene rings is 2. The fourth-order valence-electron chi connectivity index (χ4n) is 2.72. The molecule has 3 aromatic rings. The number of para-hydroxylation sites is 2. The molecule has 0 fully saturated rings. The highest BCUT2D eigenvalue weighted by atomic mass is 32.2. The van der Waals surface area contributed by atoms with Crippen molar-refractivity contribution in [1.82, 2.24) is 9.97 Å². The van der Waals surface area contributed by atoms with E-state index in [2.05, 4.69) is 20.6 Å². The summed E-state index contributed by atoms with van der Waals surface area (Å²) < 4.78 is 49.8. The van der Waals surface area contributed by atoms with Crippen LogP contribution in [0.1, 0.15) is 0 Å². The summed E-state index contributed by atoms with van der Waals surface area (Å²) in [4.78, 5) is 8.13. The number of methoxy groups -OCH3 is 2. The van der Waals surface area contributed by atoms with Gasteiger partial charge in [0.25, 0.3) is 0 Å². The molecule has 164 valence electrons. The summed E-state index contributed by atoms with van der Waals surface area (Å²) in [6, 6.07) is 11.7. The van der Waals surface area contributed by atoms with Crippen molar-refractivity contribution in [2.75, 3.05) is 42.5 Å². The van der Waals surface area contributed by atoms with Crippen LogP contribution < -0.4 is 24.4 Å². The molecule has 0 aliphatic carbocycles. The number of nitrogens with zero attached hydrogens (tertiary/aromatic N) is 3. The van der Waals surface area contributed by atoms with Crippen LogP contribution >= 0.6 is 0 Å². The largest absolute Gasteiger partial charge is 0.493 e. The van der Waals surface area contributed by atoms with E-state index in [1.807, 2.05) is 0 Å². The van der Waals surface area contributed by atoms with E-state index in [1.165, 1.54) is 21.3 Å². The maximum absolute atomic E-state index is 14.4. The molecule has 0 saturated heterocycles. The zero-order chi connectivity index (χ0) is 22.6. The highest BCUT2D eigenvalue weighted by molar-refractivity contribution is 7.92. The number of rotatable bonds is 8. The topological polar surface area (TPSA) is 106 Å². The lowest BCUT2D eigenvalue weighted by Crippen LogP contribution is -2.25. The van der Waals surface area contributed by atoms with Crippen molar-refractivity contribution >= 4 is 38.9 Å². The summed E-state index contributed by atoms with van der Waals surface area (Å²) in [7, 11) is 0.953. The molecule has 2 N–H and O–H groups in total. The smallest absolute Gasteiger partial charge is 0.232 e. The molecule has 0 radical (unpaired) electrons. The third-order valence-corrected chi connectivity index (χ3v) is 5.57. The second-order valence-electron chi connectivity index (χ2n) is 6.46. The van der Waals surface area contributed by atoms with Crippen molar-refractivity contribution in [2.45, 2.75) is 0 Å². The van der Waals surface area contributed by atoms with E-state index in [4.69, 9.17) is 9.47 Å². The minimum absolute atomic E-state index is 0.118. The fraction of sp³-hybridized carbons (Fsp3) is 0.200. The Morgan fingerprint density at radius 3 is 2.42 bits per heavy atom. The Balaban J connectivity index is 1.90. The van der Waals surface area contributed by atoms with Crippen LogP contribution in [0.4, 0.5) is 33.2 Å². The zero-order valence-electron chi connectivity index (χ0n) is 17.4. The van der Waals surface area contributed by atoms with E-state index >= 15 is 0 Å². The Bertz CT molecular complexity index is 1190. The first-order valence-electron chi connectivity index (χ1n) is 9.04. The van der Waals surface area contributed by atoms with Gasteiger partial charge in [-0.2, -0.15) is 4.98 Å². The zero-order valence-corrected chi connectivity index (χ0v) is 18.2. The van der Waals surface area contributed by atoms with E-state index in [-0.39, 0.29) is 11.8 Å². The molecule has 1 aromatic heterocycles. The van der Waals surface area contributed by atoms with Crippen LogP contribution in [-0.2, 0) is 10.0 Å². The van der Waals surface area contributed by atoms with Crippen LogP contribution in [0, 0.1) is 5.82 Å². The van der Waals surface area contributed by atoms with Gasteiger partial charge >= 0.3 is 0 Å². The van der Waals surface area contributed by atoms with Crippen molar-refractivity contribution in [3.8, 4) is 11.5 Å². The van der Waals surface area contributed by atoms with E-state index in [0.29, 0.717) is 28.6 Å². The molecule has 2 aromatic carbocycles. The van der Waals surface area contributed by atoms with Crippen LogP contribution in [-0.4, -0.2) is 45.9 Å². The lowest BCUT2D eigenvalue weighted by molar-refractivity contribution is 0.355. The summed E-state index contributed by atoms with van der Waals surface area (Å²) in [6.45, 7) is 0. The molecule has 31 heavy (non-hydrogen) atoms. The summed E-state index contributed by atoms with van der Waals surface area (Å²) in [5.41, 5.74) is 1.31. The summed E-state index contributed by atoms with van der Waals surface area (Å²) >= 11 is 0. The van der Waals surface area contributed by atoms with Crippen LogP contribution in [0.3, 0.4) is 0 Å². The number of hydrogen-bond donors (Lipinski definition) is 2. The Morgan fingerprint density at radius 1 is 1.03 bits per heavy atom. The van der Waals surface area contributed by atoms with Gasteiger partial charge in [0.1, 0.15) is 0 Å². The minimum Gasteiger partial charge on any atom is -0.493 e. The third-order valence-electron chi connectivity index (χ3n) is 4.38. The first-order valence-corrected chi connectivity index (χ1v) is 10.9. The van der Waals surface area contributed by atoms with Crippen molar-refractivity contribution in [2.24, 2.45) is 0 Å². The van der Waals surface area contributed by atoms with Gasteiger partial charge in [-0.15, -0.1) is 0 Å². The number of nitrogens with one attached hydrogen (secondary N) is 2. The van der Waals surface area contributed by atoms with Gasteiger partial charge in [-0.05, 0) is 24.3 Å². The molecule has 0 atom stereocenters. The highest BCUT2D eigenvalue weighted by Crippen LogP contribution is 2.32. The molecule has 9 nitrogen and oxygen atoms in total. The van der Waals surface area contributed by atoms with Crippen LogP contribution in [0.25, 0.3) is 0 Å². The van der Waals surface area contributed by atoms with Crippen molar-refractivity contribution in [3.63, 3.8) is 0 Å². The monoisotopic (exact) mass is 447 g/mol. The SMILES string of the molecule is COc1ccc(Nc2ncc(F)c(Nc3ccccc3N(C)S(C)(=O)=O)n2)cc1OC. The Kier molecular flexibility index (Phi) is 6.44. The van der Waals surface area contributed by atoms with E-state index in [0.717, 1.165) is 16.8 Å². The minimum atomic E-state index is -3.51. The number of ether oxygens (including phenoxy) is 2. The lowest BCUT2D eigenvalue weighted by atomic mass is 10.2. The average molecular weight is 447 g/mol. The first kappa shape index (κ1) is 22.1. The standard InChI is InChI=1S/C20H22FN5O4S/c1-26(31(4,27)28)16-8-6-5-7-15(16)24-19-14(21)12-22-20(25-19)23-13-9-10-17(29-2)18(11-13)30-3/h5-12H,1-4H3,(H2,22,23,24,25). The van der Waals surface area contributed by atoms with Crippen LogP contribution in [0.15, 0.2) is 48.7 Å². The fourth-order valence-corrected chi connectivity index (χ4v) is 3.23. The van der Waals surface area contributed by atoms with Gasteiger partial charge in [0.05, 0.1) is 38.0 Å². The number of aromatic nitrogens is 2. The molecular weight excluding hydrogens is 425 g/mol. The molecule has 0 aliphatic heterocycles. The van der Waals surface area contributed by atoms with Crippen LogP contribution in [0.5, 0.6) is 11.5 Å². The van der Waals surface area contributed by atoms with Crippen molar-refractivity contribution < 1.29 is 22.3 Å². The number of halogens is 1. The Morgan fingerprint density at radius 2 is 1.74 bits per heavy atom. The van der Waals surface area contributed by atoms with E-state index in [9.17, 15) is 12.8 Å². The summed E-state index contributed by atoms with van der Waals surface area (Å²) in [5.74, 6) is 0.375. The second kappa shape index (κ2) is 9.04. The molecule has 1 heterocycles. The summed E-state index contributed by atoms with van der Waals surface area (Å²) in [6.07, 6.45) is 2.10. The summed E-state index contributed by atoms with van der Waals surface area (Å²) in [5, 5.41) is 5.82. The van der Waals surface area contributed by atoms with Gasteiger partial charge in [-0.25, -0.2) is 17.8 Å². The van der Waals surface area contributed by atoms with Gasteiger partial charge in [-0.1, -0.05) is 12.1 Å².